The number of halogens is 1. The lowest BCUT2D eigenvalue weighted by Gasteiger charge is -2.04. The molecule has 17 heavy (non-hydrogen) atoms. The van der Waals surface area contributed by atoms with Gasteiger partial charge in [0.15, 0.2) is 5.76 Å². The van der Waals surface area contributed by atoms with E-state index in [2.05, 4.69) is 43.3 Å². The maximum Gasteiger partial charge on any atom is 0.152 e. The molecule has 0 radical (unpaired) electrons. The number of aromatic nitrogens is 1. The summed E-state index contributed by atoms with van der Waals surface area (Å²) in [6, 6.07) is 10.3. The first kappa shape index (κ1) is 12.2. The highest BCUT2D eigenvalue weighted by Crippen LogP contribution is 2.21. The molecule has 2 nitrogen and oxygen atoms in total. The number of nitrogens with zero attached hydrogens (tertiary/aromatic N) is 1. The van der Waals surface area contributed by atoms with Gasteiger partial charge in [0.2, 0.25) is 0 Å². The Bertz CT molecular complexity index is 473. The normalized spacial score (nSPS) is 11.1. The molecule has 0 aliphatic heterocycles. The van der Waals surface area contributed by atoms with Crippen LogP contribution in [0.1, 0.15) is 25.2 Å². The zero-order valence-corrected chi connectivity index (χ0v) is 10.9. The Balaban J connectivity index is 2.17. The van der Waals surface area contributed by atoms with Crippen LogP contribution in [0.15, 0.2) is 34.9 Å². The lowest BCUT2D eigenvalue weighted by atomic mass is 10.0. The molecule has 2 aromatic rings. The van der Waals surface area contributed by atoms with Gasteiger partial charge in [0.1, 0.15) is 5.69 Å². The molecule has 0 aliphatic carbocycles. The third-order valence-corrected chi connectivity index (χ3v) is 2.85. The second kappa shape index (κ2) is 5.37. The highest BCUT2D eigenvalue weighted by molar-refractivity contribution is 6.16. The molecule has 0 saturated carbocycles. The van der Waals surface area contributed by atoms with Crippen molar-refractivity contribution in [3.05, 3.63) is 41.7 Å². The number of alkyl halides is 1. The molecule has 3 heteroatoms. The Morgan fingerprint density at radius 1 is 1.24 bits per heavy atom. The van der Waals surface area contributed by atoms with Gasteiger partial charge in [0.25, 0.3) is 0 Å². The lowest BCUT2D eigenvalue weighted by molar-refractivity contribution is 0.396. The second-order valence-electron chi connectivity index (χ2n) is 4.61. The molecule has 0 atom stereocenters. The average molecular weight is 250 g/mol. The summed E-state index contributed by atoms with van der Waals surface area (Å²) in [5.74, 6) is 1.74. The SMILES string of the molecule is CC(C)Cc1ccc(-c2cc(CCl)on2)cc1. The molecule has 0 N–H and O–H groups in total. The summed E-state index contributed by atoms with van der Waals surface area (Å²) < 4.78 is 5.08. The summed E-state index contributed by atoms with van der Waals surface area (Å²) >= 11 is 5.68. The molecule has 0 aliphatic rings. The largest absolute Gasteiger partial charge is 0.359 e. The van der Waals surface area contributed by atoms with Gasteiger partial charge < -0.3 is 4.52 Å². The smallest absolute Gasteiger partial charge is 0.152 e. The Morgan fingerprint density at radius 2 is 1.94 bits per heavy atom. The Labute approximate surface area is 107 Å². The van der Waals surface area contributed by atoms with E-state index < -0.39 is 0 Å². The van der Waals surface area contributed by atoms with Crippen LogP contribution in [0, 0.1) is 5.92 Å². The topological polar surface area (TPSA) is 26.0 Å². The molecule has 0 saturated heterocycles. The number of hydrogen-bond donors (Lipinski definition) is 0. The minimum Gasteiger partial charge on any atom is -0.359 e. The zero-order valence-electron chi connectivity index (χ0n) is 10.1. The minimum atomic E-state index is 0.360. The van der Waals surface area contributed by atoms with Crippen molar-refractivity contribution >= 4 is 11.6 Å². The van der Waals surface area contributed by atoms with Crippen LogP contribution >= 0.6 is 11.6 Å². The first-order valence-corrected chi connectivity index (χ1v) is 6.33. The van der Waals surface area contributed by atoms with Crippen LogP contribution in [0.2, 0.25) is 0 Å². The van der Waals surface area contributed by atoms with Crippen molar-refractivity contribution < 1.29 is 4.52 Å². The van der Waals surface area contributed by atoms with E-state index in [0.29, 0.717) is 17.6 Å². The van der Waals surface area contributed by atoms with E-state index in [1.807, 2.05) is 6.07 Å². The van der Waals surface area contributed by atoms with E-state index in [0.717, 1.165) is 17.7 Å². The molecular weight excluding hydrogens is 234 g/mol. The monoisotopic (exact) mass is 249 g/mol. The molecule has 2 rings (SSSR count). The van der Waals surface area contributed by atoms with Crippen LogP contribution in [-0.4, -0.2) is 5.16 Å². The fourth-order valence-electron chi connectivity index (χ4n) is 1.80. The Morgan fingerprint density at radius 3 is 2.47 bits per heavy atom. The molecule has 90 valence electrons. The first-order chi connectivity index (χ1) is 8.19. The molecule has 1 aromatic heterocycles. The van der Waals surface area contributed by atoms with Gasteiger partial charge in [-0.1, -0.05) is 43.3 Å². The van der Waals surface area contributed by atoms with Gasteiger partial charge in [-0.05, 0) is 17.9 Å². The van der Waals surface area contributed by atoms with Crippen LogP contribution in [-0.2, 0) is 12.3 Å². The summed E-state index contributed by atoms with van der Waals surface area (Å²) in [6.45, 7) is 4.44. The van der Waals surface area contributed by atoms with Crippen LogP contribution in [0.3, 0.4) is 0 Å². The average Bonchev–Trinajstić information content (AvgIpc) is 2.78. The Kier molecular flexibility index (Phi) is 3.85. The minimum absolute atomic E-state index is 0.360. The van der Waals surface area contributed by atoms with Crippen LogP contribution in [0.4, 0.5) is 0 Å². The van der Waals surface area contributed by atoms with E-state index in [9.17, 15) is 0 Å². The predicted octanol–water partition coefficient (Wildman–Crippen LogP) is 4.28. The summed E-state index contributed by atoms with van der Waals surface area (Å²) in [5, 5.41) is 3.99. The quantitative estimate of drug-likeness (QED) is 0.756. The highest BCUT2D eigenvalue weighted by Gasteiger charge is 2.06. The summed E-state index contributed by atoms with van der Waals surface area (Å²) in [6.07, 6.45) is 1.10. The maximum absolute atomic E-state index is 5.68. The standard InChI is InChI=1S/C14H16ClNO/c1-10(2)7-11-3-5-12(6-4-11)14-8-13(9-15)17-16-14/h3-6,8,10H,7,9H2,1-2H3. The highest BCUT2D eigenvalue weighted by atomic mass is 35.5. The molecule has 1 aromatic carbocycles. The van der Waals surface area contributed by atoms with E-state index in [1.54, 1.807) is 0 Å². The van der Waals surface area contributed by atoms with Crippen molar-refractivity contribution in [3.8, 4) is 11.3 Å². The van der Waals surface area contributed by atoms with Gasteiger partial charge in [0.05, 0.1) is 5.88 Å². The van der Waals surface area contributed by atoms with Crippen molar-refractivity contribution in [1.82, 2.24) is 5.16 Å². The summed E-state index contributed by atoms with van der Waals surface area (Å²) in [7, 11) is 0. The van der Waals surface area contributed by atoms with Gasteiger partial charge in [-0.25, -0.2) is 0 Å². The number of rotatable bonds is 4. The maximum atomic E-state index is 5.68. The molecule has 0 spiro atoms. The van der Waals surface area contributed by atoms with Crippen LogP contribution in [0.25, 0.3) is 11.3 Å². The third kappa shape index (κ3) is 3.10. The lowest BCUT2D eigenvalue weighted by Crippen LogP contribution is -1.93. The fraction of sp³-hybridized carbons (Fsp3) is 0.357. The van der Waals surface area contributed by atoms with Crippen molar-refractivity contribution in [3.63, 3.8) is 0 Å². The fourth-order valence-corrected chi connectivity index (χ4v) is 1.92. The molecule has 0 amide bonds. The first-order valence-electron chi connectivity index (χ1n) is 5.80. The summed E-state index contributed by atoms with van der Waals surface area (Å²) in [5.41, 5.74) is 3.26. The molecular formula is C14H16ClNO. The van der Waals surface area contributed by atoms with Gasteiger partial charge in [-0.15, -0.1) is 11.6 Å². The van der Waals surface area contributed by atoms with E-state index in [1.165, 1.54) is 5.56 Å². The van der Waals surface area contributed by atoms with Gasteiger partial charge >= 0.3 is 0 Å². The van der Waals surface area contributed by atoms with Crippen molar-refractivity contribution in [2.24, 2.45) is 5.92 Å². The van der Waals surface area contributed by atoms with Gasteiger partial charge in [-0.2, -0.15) is 0 Å². The Hall–Kier alpha value is -1.28. The number of benzene rings is 1. The zero-order chi connectivity index (χ0) is 12.3. The van der Waals surface area contributed by atoms with Gasteiger partial charge in [0, 0.05) is 11.6 Å². The second-order valence-corrected chi connectivity index (χ2v) is 4.87. The molecule has 0 fully saturated rings. The van der Waals surface area contributed by atoms with Crippen molar-refractivity contribution in [2.75, 3.05) is 0 Å². The molecule has 0 unspecified atom stereocenters. The van der Waals surface area contributed by atoms with Crippen molar-refractivity contribution in [2.45, 2.75) is 26.1 Å². The van der Waals surface area contributed by atoms with Crippen LogP contribution < -0.4 is 0 Å². The summed E-state index contributed by atoms with van der Waals surface area (Å²) in [4.78, 5) is 0. The van der Waals surface area contributed by atoms with Crippen LogP contribution in [0.5, 0.6) is 0 Å². The molecule has 1 heterocycles. The third-order valence-electron chi connectivity index (χ3n) is 2.58. The number of hydrogen-bond acceptors (Lipinski definition) is 2. The van der Waals surface area contributed by atoms with Crippen molar-refractivity contribution in [1.29, 1.82) is 0 Å². The predicted molar refractivity (Wildman–Crippen MR) is 70.0 cm³/mol. The van der Waals surface area contributed by atoms with E-state index >= 15 is 0 Å². The van der Waals surface area contributed by atoms with E-state index in [-0.39, 0.29) is 0 Å². The molecule has 0 bridgehead atoms. The van der Waals surface area contributed by atoms with Gasteiger partial charge in [-0.3, -0.25) is 0 Å². The van der Waals surface area contributed by atoms with E-state index in [4.69, 9.17) is 16.1 Å².